The van der Waals surface area contributed by atoms with Gasteiger partial charge in [0.15, 0.2) is 12.1 Å². The summed E-state index contributed by atoms with van der Waals surface area (Å²) < 4.78 is 5.33. The molecule has 1 rings (SSSR count). The van der Waals surface area contributed by atoms with Crippen LogP contribution in [0.25, 0.3) is 0 Å². The number of anilines is 1. The van der Waals surface area contributed by atoms with Crippen molar-refractivity contribution < 1.29 is 14.6 Å². The van der Waals surface area contributed by atoms with Crippen molar-refractivity contribution in [3.63, 3.8) is 0 Å². The molecule has 1 atom stereocenters. The SMILES string of the molecule is CCCCCCCCCCOC(O)C=CCC(=O)c1ccc(N)cc1. The zero-order chi connectivity index (χ0) is 18.3. The molecule has 0 fully saturated rings. The number of ketones is 1. The maximum absolute atomic E-state index is 11.9. The van der Waals surface area contributed by atoms with Crippen LogP contribution in [-0.2, 0) is 4.74 Å². The molecule has 3 N–H and O–H groups in total. The molecule has 0 heterocycles. The highest BCUT2D eigenvalue weighted by Gasteiger charge is 2.04. The lowest BCUT2D eigenvalue weighted by molar-refractivity contribution is -0.0652. The Morgan fingerprint density at radius 2 is 1.68 bits per heavy atom. The normalized spacial score (nSPS) is 12.6. The molecule has 1 aromatic carbocycles. The van der Waals surface area contributed by atoms with E-state index in [0.29, 0.717) is 17.9 Å². The van der Waals surface area contributed by atoms with Gasteiger partial charge in [-0.15, -0.1) is 0 Å². The summed E-state index contributed by atoms with van der Waals surface area (Å²) in [5.41, 5.74) is 6.85. The molecule has 0 aliphatic rings. The van der Waals surface area contributed by atoms with Gasteiger partial charge in [-0.05, 0) is 36.8 Å². The Labute approximate surface area is 152 Å². The van der Waals surface area contributed by atoms with Crippen LogP contribution in [0, 0.1) is 0 Å². The number of benzene rings is 1. The number of unbranched alkanes of at least 4 members (excludes halogenated alkanes) is 7. The maximum Gasteiger partial charge on any atom is 0.174 e. The molecule has 1 unspecified atom stereocenters. The average molecular weight is 347 g/mol. The fraction of sp³-hybridized carbons (Fsp3) is 0.571. The molecule has 0 saturated carbocycles. The van der Waals surface area contributed by atoms with Crippen LogP contribution in [0.2, 0.25) is 0 Å². The van der Waals surface area contributed by atoms with Gasteiger partial charge in [-0.3, -0.25) is 4.79 Å². The number of carbonyl (C=O) groups excluding carboxylic acids is 1. The Bertz CT molecular complexity index is 496. The minimum absolute atomic E-state index is 0.00785. The van der Waals surface area contributed by atoms with Gasteiger partial charge in [0.2, 0.25) is 0 Å². The van der Waals surface area contributed by atoms with E-state index in [2.05, 4.69) is 6.92 Å². The zero-order valence-electron chi connectivity index (χ0n) is 15.5. The Morgan fingerprint density at radius 3 is 2.32 bits per heavy atom. The summed E-state index contributed by atoms with van der Waals surface area (Å²) >= 11 is 0. The Hall–Kier alpha value is -1.65. The smallest absolute Gasteiger partial charge is 0.174 e. The molecule has 0 spiro atoms. The largest absolute Gasteiger partial charge is 0.399 e. The summed E-state index contributed by atoms with van der Waals surface area (Å²) in [5.74, 6) is -0.00785. The zero-order valence-corrected chi connectivity index (χ0v) is 15.5. The number of ether oxygens (including phenoxy) is 1. The van der Waals surface area contributed by atoms with Crippen molar-refractivity contribution in [1.29, 1.82) is 0 Å². The minimum Gasteiger partial charge on any atom is -0.399 e. The second kappa shape index (κ2) is 13.6. The van der Waals surface area contributed by atoms with Crippen molar-refractivity contribution in [2.24, 2.45) is 0 Å². The number of hydrogen-bond donors (Lipinski definition) is 2. The standard InChI is InChI=1S/C21H33NO3/c1-2-3-4-5-6-7-8-9-17-25-21(24)12-10-11-20(23)18-13-15-19(22)16-14-18/h10,12-16,21,24H,2-9,11,17,22H2,1H3. The van der Waals surface area contributed by atoms with E-state index in [1.807, 2.05) is 0 Å². The second-order valence-corrected chi connectivity index (χ2v) is 6.41. The topological polar surface area (TPSA) is 72.5 Å². The first-order valence-corrected chi connectivity index (χ1v) is 9.48. The third-order valence-corrected chi connectivity index (χ3v) is 4.12. The molecule has 1 aromatic rings. The van der Waals surface area contributed by atoms with Crippen molar-refractivity contribution >= 4 is 11.5 Å². The van der Waals surface area contributed by atoms with Crippen LogP contribution < -0.4 is 5.73 Å². The van der Waals surface area contributed by atoms with Crippen molar-refractivity contribution in [1.82, 2.24) is 0 Å². The lowest BCUT2D eigenvalue weighted by Gasteiger charge is -2.07. The number of Topliss-reactive ketones (excluding diaryl/α,β-unsaturated/α-hetero) is 1. The maximum atomic E-state index is 11.9. The van der Waals surface area contributed by atoms with Gasteiger partial charge >= 0.3 is 0 Å². The van der Waals surface area contributed by atoms with Gasteiger partial charge in [0.05, 0.1) is 6.61 Å². The number of aliphatic hydroxyl groups is 1. The fourth-order valence-corrected chi connectivity index (χ4v) is 2.57. The molecule has 0 bridgehead atoms. The summed E-state index contributed by atoms with van der Waals surface area (Å²) in [4.78, 5) is 11.9. The van der Waals surface area contributed by atoms with Crippen molar-refractivity contribution in [3.05, 3.63) is 42.0 Å². The highest BCUT2D eigenvalue weighted by atomic mass is 16.6. The number of aliphatic hydroxyl groups excluding tert-OH is 1. The lowest BCUT2D eigenvalue weighted by atomic mass is 10.1. The number of nitrogen functional groups attached to an aromatic ring is 1. The van der Waals surface area contributed by atoms with Gasteiger partial charge in [0, 0.05) is 17.7 Å². The number of hydrogen-bond acceptors (Lipinski definition) is 4. The molecule has 0 radical (unpaired) electrons. The van der Waals surface area contributed by atoms with Gasteiger partial charge < -0.3 is 15.6 Å². The van der Waals surface area contributed by atoms with Crippen LogP contribution in [0.4, 0.5) is 5.69 Å². The van der Waals surface area contributed by atoms with Crippen LogP contribution in [0.1, 0.15) is 75.1 Å². The van der Waals surface area contributed by atoms with Crippen LogP contribution in [0.15, 0.2) is 36.4 Å². The highest BCUT2D eigenvalue weighted by molar-refractivity contribution is 5.97. The van der Waals surface area contributed by atoms with Crippen molar-refractivity contribution in [2.75, 3.05) is 12.3 Å². The summed E-state index contributed by atoms with van der Waals surface area (Å²) in [6.45, 7) is 2.78. The van der Waals surface area contributed by atoms with Gasteiger partial charge in [-0.2, -0.15) is 0 Å². The lowest BCUT2D eigenvalue weighted by Crippen LogP contribution is -2.09. The van der Waals surface area contributed by atoms with E-state index < -0.39 is 6.29 Å². The summed E-state index contributed by atoms with van der Waals surface area (Å²) in [6, 6.07) is 6.83. The summed E-state index contributed by atoms with van der Waals surface area (Å²) in [5, 5.41) is 9.73. The Morgan fingerprint density at radius 1 is 1.08 bits per heavy atom. The van der Waals surface area contributed by atoms with E-state index >= 15 is 0 Å². The molecule has 0 amide bonds. The van der Waals surface area contributed by atoms with E-state index in [1.54, 1.807) is 30.3 Å². The molecule has 0 aliphatic carbocycles. The molecule has 0 aromatic heterocycles. The van der Waals surface area contributed by atoms with Gasteiger partial charge in [-0.25, -0.2) is 0 Å². The third-order valence-electron chi connectivity index (χ3n) is 4.12. The highest BCUT2D eigenvalue weighted by Crippen LogP contribution is 2.10. The van der Waals surface area contributed by atoms with Gasteiger partial charge in [0.1, 0.15) is 0 Å². The molecule has 4 nitrogen and oxygen atoms in total. The first-order valence-electron chi connectivity index (χ1n) is 9.48. The van der Waals surface area contributed by atoms with Crippen molar-refractivity contribution in [2.45, 2.75) is 71.0 Å². The number of allylic oxidation sites excluding steroid dienone is 1. The molecular weight excluding hydrogens is 314 g/mol. The Balaban J connectivity index is 2.05. The van der Waals surface area contributed by atoms with Crippen LogP contribution in [0.3, 0.4) is 0 Å². The van der Waals surface area contributed by atoms with Crippen LogP contribution in [0.5, 0.6) is 0 Å². The van der Waals surface area contributed by atoms with Gasteiger partial charge in [0.25, 0.3) is 0 Å². The predicted octanol–water partition coefficient (Wildman–Crippen LogP) is 4.87. The number of rotatable bonds is 14. The molecule has 0 aliphatic heterocycles. The van der Waals surface area contributed by atoms with E-state index in [0.717, 1.165) is 12.8 Å². The van der Waals surface area contributed by atoms with E-state index in [9.17, 15) is 9.90 Å². The molecule has 4 heteroatoms. The second-order valence-electron chi connectivity index (χ2n) is 6.41. The molecule has 25 heavy (non-hydrogen) atoms. The summed E-state index contributed by atoms with van der Waals surface area (Å²) in [6.07, 6.45) is 12.4. The van der Waals surface area contributed by atoms with E-state index in [4.69, 9.17) is 10.5 Å². The molecular formula is C21H33NO3. The number of nitrogens with two attached hydrogens (primary N) is 1. The number of carbonyl (C=O) groups is 1. The first kappa shape index (κ1) is 21.4. The van der Waals surface area contributed by atoms with E-state index in [-0.39, 0.29) is 12.2 Å². The Kier molecular flexibility index (Phi) is 11.7. The van der Waals surface area contributed by atoms with Crippen LogP contribution in [-0.4, -0.2) is 23.8 Å². The monoisotopic (exact) mass is 347 g/mol. The fourth-order valence-electron chi connectivity index (χ4n) is 2.57. The van der Waals surface area contributed by atoms with Crippen molar-refractivity contribution in [3.8, 4) is 0 Å². The first-order chi connectivity index (χ1) is 12.1. The minimum atomic E-state index is -0.941. The third kappa shape index (κ3) is 10.7. The summed E-state index contributed by atoms with van der Waals surface area (Å²) in [7, 11) is 0. The van der Waals surface area contributed by atoms with Crippen LogP contribution >= 0.6 is 0 Å². The quantitative estimate of drug-likeness (QED) is 0.165. The predicted molar refractivity (Wildman–Crippen MR) is 104 cm³/mol. The molecule has 0 saturated heterocycles. The van der Waals surface area contributed by atoms with E-state index in [1.165, 1.54) is 44.6 Å². The average Bonchev–Trinajstić information content (AvgIpc) is 2.61. The van der Waals surface area contributed by atoms with Gasteiger partial charge in [-0.1, -0.05) is 57.9 Å². The molecule has 140 valence electrons.